The third-order valence-corrected chi connectivity index (χ3v) is 10.8. The van der Waals surface area contributed by atoms with Crippen molar-refractivity contribution in [2.75, 3.05) is 40.3 Å². The lowest BCUT2D eigenvalue weighted by atomic mass is 9.90. The maximum atomic E-state index is 14.3. The van der Waals surface area contributed by atoms with Gasteiger partial charge in [-0.3, -0.25) is 24.0 Å². The highest BCUT2D eigenvalue weighted by atomic mass is 16.2. The molecule has 0 spiro atoms. The van der Waals surface area contributed by atoms with Gasteiger partial charge in [0.25, 0.3) is 0 Å². The minimum atomic E-state index is -1.01. The van der Waals surface area contributed by atoms with E-state index in [0.717, 1.165) is 40.7 Å². The minimum absolute atomic E-state index is 0.0322. The van der Waals surface area contributed by atoms with Crippen LogP contribution in [0.15, 0.2) is 115 Å². The van der Waals surface area contributed by atoms with Crippen molar-refractivity contribution >= 4 is 29.5 Å². The van der Waals surface area contributed by atoms with Crippen LogP contribution in [0.1, 0.15) is 62.1 Å². The molecular formula is C47H58N6O5. The number of likely N-dealkylation sites (N-methyl/N-ethyl adjacent to an activating group) is 2. The molecule has 0 aliphatic carbocycles. The van der Waals surface area contributed by atoms with Gasteiger partial charge in [0.2, 0.25) is 29.5 Å². The van der Waals surface area contributed by atoms with Crippen molar-refractivity contribution in [3.63, 3.8) is 0 Å². The quantitative estimate of drug-likeness (QED) is 0.130. The second kappa shape index (κ2) is 21.1. The molecule has 1 saturated heterocycles. The van der Waals surface area contributed by atoms with Crippen LogP contribution in [0.2, 0.25) is 0 Å². The van der Waals surface area contributed by atoms with Gasteiger partial charge in [-0.1, -0.05) is 129 Å². The first-order chi connectivity index (χ1) is 28.0. The van der Waals surface area contributed by atoms with Crippen LogP contribution >= 0.6 is 0 Å². The van der Waals surface area contributed by atoms with Crippen LogP contribution in [0.4, 0.5) is 0 Å². The molecule has 4 aromatic rings. The number of hydrogen-bond acceptors (Lipinski definition) is 6. The predicted molar refractivity (Wildman–Crippen MR) is 227 cm³/mol. The molecule has 4 N–H and O–H groups in total. The van der Waals surface area contributed by atoms with Crippen LogP contribution in [0, 0.1) is 5.92 Å². The average molecular weight is 787 g/mol. The molecule has 58 heavy (non-hydrogen) atoms. The Balaban J connectivity index is 1.30. The second-order valence-electron chi connectivity index (χ2n) is 15.6. The lowest BCUT2D eigenvalue weighted by molar-refractivity contribution is -0.142. The summed E-state index contributed by atoms with van der Waals surface area (Å²) in [5.41, 5.74) is 10.6. The fourth-order valence-corrected chi connectivity index (χ4v) is 7.49. The molecule has 11 nitrogen and oxygen atoms in total. The first kappa shape index (κ1) is 43.3. The summed E-state index contributed by atoms with van der Waals surface area (Å²) in [6.07, 6.45) is 2.47. The Kier molecular flexibility index (Phi) is 15.8. The summed E-state index contributed by atoms with van der Waals surface area (Å²) in [6.45, 7) is 5.21. The molecule has 0 radical (unpaired) electrons. The van der Waals surface area contributed by atoms with E-state index >= 15 is 0 Å². The Morgan fingerprint density at radius 3 is 1.74 bits per heavy atom. The van der Waals surface area contributed by atoms with Gasteiger partial charge in [0.15, 0.2) is 0 Å². The number of carbonyl (C=O) groups is 5. The van der Waals surface area contributed by atoms with E-state index in [2.05, 4.69) is 10.6 Å². The van der Waals surface area contributed by atoms with Gasteiger partial charge in [-0.2, -0.15) is 0 Å². The van der Waals surface area contributed by atoms with Crippen LogP contribution in [0.25, 0.3) is 11.1 Å². The van der Waals surface area contributed by atoms with Gasteiger partial charge in [-0.15, -0.1) is 0 Å². The van der Waals surface area contributed by atoms with Crippen molar-refractivity contribution in [2.45, 2.75) is 70.0 Å². The zero-order chi connectivity index (χ0) is 41.6. The van der Waals surface area contributed by atoms with Crippen LogP contribution in [0.5, 0.6) is 0 Å². The van der Waals surface area contributed by atoms with Crippen molar-refractivity contribution in [1.82, 2.24) is 25.3 Å². The number of benzene rings is 4. The normalized spacial score (nSPS) is 14.1. The molecule has 306 valence electrons. The molecule has 5 rings (SSSR count). The van der Waals surface area contributed by atoms with Gasteiger partial charge >= 0.3 is 0 Å². The number of nitrogens with two attached hydrogens (primary N) is 1. The molecule has 0 bridgehead atoms. The molecule has 5 amide bonds. The van der Waals surface area contributed by atoms with E-state index in [0.29, 0.717) is 19.5 Å². The Morgan fingerprint density at radius 1 is 0.690 bits per heavy atom. The molecule has 11 heteroatoms. The molecule has 4 aromatic carbocycles. The number of rotatable bonds is 18. The first-order valence-corrected chi connectivity index (χ1v) is 20.3. The third-order valence-electron chi connectivity index (χ3n) is 10.8. The summed E-state index contributed by atoms with van der Waals surface area (Å²) < 4.78 is 0. The highest BCUT2D eigenvalue weighted by Gasteiger charge is 2.34. The molecule has 1 aliphatic heterocycles. The Labute approximate surface area is 343 Å². The summed E-state index contributed by atoms with van der Waals surface area (Å²) in [7, 11) is 3.11. The van der Waals surface area contributed by atoms with Crippen molar-refractivity contribution < 1.29 is 24.0 Å². The van der Waals surface area contributed by atoms with E-state index in [9.17, 15) is 24.0 Å². The van der Waals surface area contributed by atoms with Crippen LogP contribution in [-0.2, 0) is 30.4 Å². The van der Waals surface area contributed by atoms with E-state index < -0.39 is 30.0 Å². The first-order valence-electron chi connectivity index (χ1n) is 20.3. The monoisotopic (exact) mass is 786 g/mol. The van der Waals surface area contributed by atoms with Crippen LogP contribution in [-0.4, -0.2) is 103 Å². The summed E-state index contributed by atoms with van der Waals surface area (Å²) >= 11 is 0. The van der Waals surface area contributed by atoms with Gasteiger partial charge in [0.1, 0.15) is 18.1 Å². The van der Waals surface area contributed by atoms with Crippen LogP contribution < -0.4 is 16.4 Å². The lowest BCUT2D eigenvalue weighted by Crippen LogP contribution is -2.57. The lowest BCUT2D eigenvalue weighted by Gasteiger charge is -2.31. The topological polar surface area (TPSA) is 145 Å². The number of hydrogen-bond donors (Lipinski definition) is 3. The van der Waals surface area contributed by atoms with Crippen LogP contribution in [0.3, 0.4) is 0 Å². The highest BCUT2D eigenvalue weighted by Crippen LogP contribution is 2.26. The smallest absolute Gasteiger partial charge is 0.245 e. The standard InChI is InChI=1S/C47H58N6O5/c1-33(2)30-39(47(58)53-27-14-15-28-53)49-44(55)41(32-48)52(4)42(54)26-29-51(3)46(57)40(31-34-22-24-36(25-23-34)35-16-8-5-9-17-35)50-45(56)43(37-18-10-6-11-19-37)38-20-12-7-13-21-38/h5-13,16-25,33,39-41,43H,14-15,26-32,48H2,1-4H3,(H,49,55)(H,50,56)/t39-,40-,41-/m0/s1. The predicted octanol–water partition coefficient (Wildman–Crippen LogP) is 5.00. The molecule has 0 saturated carbocycles. The summed E-state index contributed by atoms with van der Waals surface area (Å²) in [5, 5.41) is 5.96. The van der Waals surface area contributed by atoms with Gasteiger partial charge in [-0.05, 0) is 53.0 Å². The highest BCUT2D eigenvalue weighted by molar-refractivity contribution is 5.94. The summed E-state index contributed by atoms with van der Waals surface area (Å²) in [4.78, 5) is 73.5. The number of amides is 5. The Morgan fingerprint density at radius 2 is 1.21 bits per heavy atom. The number of nitrogens with one attached hydrogen (secondary N) is 2. The van der Waals surface area contributed by atoms with E-state index in [1.165, 1.54) is 16.8 Å². The van der Waals surface area contributed by atoms with Gasteiger partial charge in [0.05, 0.1) is 5.92 Å². The molecule has 0 aromatic heterocycles. The van der Waals surface area contributed by atoms with Crippen molar-refractivity contribution in [3.8, 4) is 11.1 Å². The Hall–Kier alpha value is -5.81. The van der Waals surface area contributed by atoms with Crippen molar-refractivity contribution in [3.05, 3.63) is 132 Å². The largest absolute Gasteiger partial charge is 0.343 e. The zero-order valence-electron chi connectivity index (χ0n) is 34.2. The van der Waals surface area contributed by atoms with Crippen molar-refractivity contribution in [1.29, 1.82) is 0 Å². The van der Waals surface area contributed by atoms with Crippen molar-refractivity contribution in [2.24, 2.45) is 11.7 Å². The van der Waals surface area contributed by atoms with E-state index in [4.69, 9.17) is 5.73 Å². The number of nitrogens with zero attached hydrogens (tertiary/aromatic N) is 3. The van der Waals surface area contributed by atoms with E-state index in [-0.39, 0.29) is 55.5 Å². The van der Waals surface area contributed by atoms with Gasteiger partial charge < -0.3 is 31.1 Å². The summed E-state index contributed by atoms with van der Waals surface area (Å²) in [6, 6.07) is 34.2. The third kappa shape index (κ3) is 11.6. The molecule has 1 aliphatic rings. The zero-order valence-corrected chi connectivity index (χ0v) is 34.2. The van der Waals surface area contributed by atoms with E-state index in [1.54, 1.807) is 11.9 Å². The molecule has 3 atom stereocenters. The Bertz CT molecular complexity index is 1910. The molecular weight excluding hydrogens is 729 g/mol. The maximum absolute atomic E-state index is 14.3. The average Bonchev–Trinajstić information content (AvgIpc) is 3.79. The van der Waals surface area contributed by atoms with E-state index in [1.807, 2.05) is 129 Å². The minimum Gasteiger partial charge on any atom is -0.343 e. The number of carbonyl (C=O) groups excluding carboxylic acids is 5. The number of likely N-dealkylation sites (tertiary alicyclic amines) is 1. The fourth-order valence-electron chi connectivity index (χ4n) is 7.49. The molecule has 1 fully saturated rings. The van der Waals surface area contributed by atoms with Gasteiger partial charge in [-0.25, -0.2) is 0 Å². The molecule has 1 heterocycles. The fraction of sp³-hybridized carbons (Fsp3) is 0.383. The molecule has 0 unspecified atom stereocenters. The SMILES string of the molecule is CC(C)C[C@H](NC(=O)[C@H](CN)N(C)C(=O)CCN(C)C(=O)[C@H](Cc1ccc(-c2ccccc2)cc1)NC(=O)C(c1ccccc1)c1ccccc1)C(=O)N1CCCC1. The second-order valence-corrected chi connectivity index (χ2v) is 15.6. The maximum Gasteiger partial charge on any atom is 0.245 e. The summed E-state index contributed by atoms with van der Waals surface area (Å²) in [5.74, 6) is -2.18. The van der Waals surface area contributed by atoms with Gasteiger partial charge in [0, 0.05) is 53.1 Å².